The summed E-state index contributed by atoms with van der Waals surface area (Å²) in [6, 6.07) is 2.60. The zero-order valence-electron chi connectivity index (χ0n) is 14.5. The lowest BCUT2D eigenvalue weighted by molar-refractivity contribution is 0.328. The molecular weight excluding hydrogens is 246 g/mol. The summed E-state index contributed by atoms with van der Waals surface area (Å²) in [5.41, 5.74) is 3.95. The van der Waals surface area contributed by atoms with Crippen molar-refractivity contribution in [1.82, 2.24) is 10.3 Å². The van der Waals surface area contributed by atoms with Gasteiger partial charge in [-0.3, -0.25) is 0 Å². The number of nitrogens with zero attached hydrogens (tertiary/aromatic N) is 2. The zero-order chi connectivity index (χ0) is 15.5. The van der Waals surface area contributed by atoms with Crippen molar-refractivity contribution in [3.8, 4) is 0 Å². The molecule has 1 heterocycles. The number of hydrogen-bond acceptors (Lipinski definition) is 3. The van der Waals surface area contributed by atoms with Crippen LogP contribution in [0.2, 0.25) is 0 Å². The van der Waals surface area contributed by atoms with Crippen LogP contribution in [-0.2, 0) is 6.54 Å². The van der Waals surface area contributed by atoms with E-state index in [-0.39, 0.29) is 5.41 Å². The molecule has 1 aromatic rings. The molecule has 3 nitrogen and oxygen atoms in total. The van der Waals surface area contributed by atoms with Gasteiger partial charge < -0.3 is 10.2 Å². The van der Waals surface area contributed by atoms with Crippen LogP contribution >= 0.6 is 0 Å². The molecule has 0 aliphatic heterocycles. The highest BCUT2D eigenvalue weighted by atomic mass is 15.2. The Morgan fingerprint density at radius 1 is 1.30 bits per heavy atom. The molecular formula is C17H31N3. The van der Waals surface area contributed by atoms with Crippen molar-refractivity contribution < 1.29 is 0 Å². The summed E-state index contributed by atoms with van der Waals surface area (Å²) in [6.07, 6.45) is 0. The first-order valence-electron chi connectivity index (χ1n) is 7.59. The Kier molecular flexibility index (Phi) is 5.58. The molecule has 3 heteroatoms. The van der Waals surface area contributed by atoms with Crippen molar-refractivity contribution in [1.29, 1.82) is 0 Å². The quantitative estimate of drug-likeness (QED) is 0.890. The van der Waals surface area contributed by atoms with Crippen LogP contribution < -0.4 is 10.2 Å². The summed E-state index contributed by atoms with van der Waals surface area (Å²) < 4.78 is 0. The molecule has 0 aromatic carbocycles. The minimum atomic E-state index is 0.226. The third-order valence-electron chi connectivity index (χ3n) is 4.17. The molecule has 0 saturated heterocycles. The van der Waals surface area contributed by atoms with Gasteiger partial charge in [-0.25, -0.2) is 4.98 Å². The van der Waals surface area contributed by atoms with E-state index in [0.29, 0.717) is 6.04 Å². The van der Waals surface area contributed by atoms with Gasteiger partial charge >= 0.3 is 0 Å². The van der Waals surface area contributed by atoms with Gasteiger partial charge in [-0.15, -0.1) is 0 Å². The van der Waals surface area contributed by atoms with Crippen molar-refractivity contribution >= 4 is 5.82 Å². The van der Waals surface area contributed by atoms with E-state index in [9.17, 15) is 0 Å². The first-order chi connectivity index (χ1) is 9.18. The standard InChI is InChI=1S/C17H31N3/c1-9-18-11-15-12(2)10-13(3)19-16(15)20(8)14(4)17(5,6)7/h10,14,18H,9,11H2,1-8H3. The Balaban J connectivity index is 3.20. The van der Waals surface area contributed by atoms with Crippen LogP contribution in [0.5, 0.6) is 0 Å². The summed E-state index contributed by atoms with van der Waals surface area (Å²) >= 11 is 0. The minimum Gasteiger partial charge on any atom is -0.356 e. The molecule has 0 spiro atoms. The molecule has 20 heavy (non-hydrogen) atoms. The molecule has 0 aliphatic carbocycles. The molecule has 1 unspecified atom stereocenters. The third-order valence-corrected chi connectivity index (χ3v) is 4.17. The van der Waals surface area contributed by atoms with Gasteiger partial charge in [0.1, 0.15) is 5.82 Å². The van der Waals surface area contributed by atoms with Crippen LogP contribution in [0.1, 0.15) is 51.4 Å². The molecule has 0 bridgehead atoms. The van der Waals surface area contributed by atoms with Crippen molar-refractivity contribution in [3.05, 3.63) is 22.9 Å². The van der Waals surface area contributed by atoms with E-state index in [0.717, 1.165) is 24.6 Å². The van der Waals surface area contributed by atoms with E-state index in [2.05, 4.69) is 71.8 Å². The van der Waals surface area contributed by atoms with Crippen molar-refractivity contribution in [3.63, 3.8) is 0 Å². The molecule has 1 atom stereocenters. The first kappa shape index (κ1) is 17.0. The smallest absolute Gasteiger partial charge is 0.133 e. The van der Waals surface area contributed by atoms with Gasteiger partial charge in [-0.2, -0.15) is 0 Å². The van der Waals surface area contributed by atoms with Gasteiger partial charge in [-0.1, -0.05) is 27.7 Å². The fourth-order valence-corrected chi connectivity index (χ4v) is 2.37. The van der Waals surface area contributed by atoms with Gasteiger partial charge in [0, 0.05) is 30.9 Å². The largest absolute Gasteiger partial charge is 0.356 e. The fourth-order valence-electron chi connectivity index (χ4n) is 2.37. The summed E-state index contributed by atoms with van der Waals surface area (Å²) in [5, 5.41) is 3.43. The Morgan fingerprint density at radius 3 is 2.40 bits per heavy atom. The topological polar surface area (TPSA) is 28.2 Å². The Labute approximate surface area is 124 Å². The lowest BCUT2D eigenvalue weighted by Crippen LogP contribution is -2.40. The van der Waals surface area contributed by atoms with Crippen LogP contribution in [0.25, 0.3) is 0 Å². The van der Waals surface area contributed by atoms with Gasteiger partial charge in [0.15, 0.2) is 0 Å². The molecule has 0 aliphatic rings. The second-order valence-electron chi connectivity index (χ2n) is 6.82. The monoisotopic (exact) mass is 277 g/mol. The van der Waals surface area contributed by atoms with Gasteiger partial charge in [0.2, 0.25) is 0 Å². The number of hydrogen-bond donors (Lipinski definition) is 1. The minimum absolute atomic E-state index is 0.226. The predicted molar refractivity (Wildman–Crippen MR) is 88.4 cm³/mol. The lowest BCUT2D eigenvalue weighted by Gasteiger charge is -2.37. The molecule has 114 valence electrons. The molecule has 0 saturated carbocycles. The average molecular weight is 277 g/mol. The Bertz CT molecular complexity index is 446. The Morgan fingerprint density at radius 2 is 1.90 bits per heavy atom. The predicted octanol–water partition coefficient (Wildman–Crippen LogP) is 3.68. The van der Waals surface area contributed by atoms with E-state index in [4.69, 9.17) is 4.98 Å². The van der Waals surface area contributed by atoms with Crippen LogP contribution in [0, 0.1) is 19.3 Å². The Hall–Kier alpha value is -1.09. The number of nitrogens with one attached hydrogen (secondary N) is 1. The second kappa shape index (κ2) is 6.57. The molecule has 1 N–H and O–H groups in total. The highest BCUT2D eigenvalue weighted by Crippen LogP contribution is 2.29. The van der Waals surface area contributed by atoms with Crippen molar-refractivity contribution in [2.45, 2.75) is 61.1 Å². The first-order valence-corrected chi connectivity index (χ1v) is 7.59. The van der Waals surface area contributed by atoms with E-state index in [1.807, 2.05) is 0 Å². The molecule has 0 fully saturated rings. The highest BCUT2D eigenvalue weighted by molar-refractivity contribution is 5.52. The maximum absolute atomic E-state index is 4.81. The van der Waals surface area contributed by atoms with Crippen LogP contribution in [0.15, 0.2) is 6.07 Å². The van der Waals surface area contributed by atoms with Gasteiger partial charge in [-0.05, 0) is 44.4 Å². The van der Waals surface area contributed by atoms with Crippen molar-refractivity contribution in [2.24, 2.45) is 5.41 Å². The van der Waals surface area contributed by atoms with Crippen LogP contribution in [-0.4, -0.2) is 24.6 Å². The van der Waals surface area contributed by atoms with E-state index in [1.165, 1.54) is 11.1 Å². The zero-order valence-corrected chi connectivity index (χ0v) is 14.5. The highest BCUT2D eigenvalue weighted by Gasteiger charge is 2.26. The van der Waals surface area contributed by atoms with Gasteiger partial charge in [0.25, 0.3) is 0 Å². The van der Waals surface area contributed by atoms with Crippen LogP contribution in [0.3, 0.4) is 0 Å². The molecule has 0 amide bonds. The second-order valence-corrected chi connectivity index (χ2v) is 6.82. The number of aromatic nitrogens is 1. The van der Waals surface area contributed by atoms with Crippen LogP contribution in [0.4, 0.5) is 5.82 Å². The number of rotatable bonds is 5. The SMILES string of the molecule is CCNCc1c(C)cc(C)nc1N(C)C(C)C(C)(C)C. The number of pyridine rings is 1. The summed E-state index contributed by atoms with van der Waals surface area (Å²) in [5.74, 6) is 1.12. The van der Waals surface area contributed by atoms with E-state index in [1.54, 1.807) is 0 Å². The summed E-state index contributed by atoms with van der Waals surface area (Å²) in [6.45, 7) is 17.4. The molecule has 1 aromatic heterocycles. The normalized spacial score (nSPS) is 13.4. The van der Waals surface area contributed by atoms with Crippen molar-refractivity contribution in [2.75, 3.05) is 18.5 Å². The number of anilines is 1. The fraction of sp³-hybridized carbons (Fsp3) is 0.706. The van der Waals surface area contributed by atoms with E-state index >= 15 is 0 Å². The summed E-state index contributed by atoms with van der Waals surface area (Å²) in [4.78, 5) is 7.13. The van der Waals surface area contributed by atoms with Gasteiger partial charge in [0.05, 0.1) is 0 Å². The lowest BCUT2D eigenvalue weighted by atomic mass is 9.87. The summed E-state index contributed by atoms with van der Waals surface area (Å²) in [7, 11) is 2.16. The third kappa shape index (κ3) is 3.95. The molecule has 1 rings (SSSR count). The van der Waals surface area contributed by atoms with E-state index < -0.39 is 0 Å². The maximum Gasteiger partial charge on any atom is 0.133 e. The maximum atomic E-state index is 4.81. The molecule has 0 radical (unpaired) electrons. The average Bonchev–Trinajstić information content (AvgIpc) is 2.34. The number of aryl methyl sites for hydroxylation is 2.